The second kappa shape index (κ2) is 2.19. The highest BCUT2D eigenvalue weighted by Gasteiger charge is 1.93. The highest BCUT2D eigenvalue weighted by Crippen LogP contribution is 1.96. The Labute approximate surface area is 41.6 Å². The average Bonchev–Trinajstić information content (AvgIpc) is 1.64. The lowest BCUT2D eigenvalue weighted by Crippen LogP contribution is -2.21. The van der Waals surface area contributed by atoms with E-state index >= 15 is 0 Å². The van der Waals surface area contributed by atoms with E-state index in [4.69, 9.17) is 2.74 Å². The zero-order valence-corrected chi connectivity index (χ0v) is 3.78. The Kier molecular flexibility index (Phi) is 0.845. The largest absolute Gasteiger partial charge is 0.317 e. The first-order valence-corrected chi connectivity index (χ1v) is 2.34. The van der Waals surface area contributed by atoms with Gasteiger partial charge >= 0.3 is 0 Å². The lowest BCUT2D eigenvalue weighted by molar-refractivity contribution is 0.520. The van der Waals surface area contributed by atoms with Crippen LogP contribution in [-0.2, 0) is 0 Å². The van der Waals surface area contributed by atoms with E-state index in [0.29, 0.717) is 0 Å². The van der Waals surface area contributed by atoms with E-state index in [1.807, 2.05) is 0 Å². The molecule has 2 atom stereocenters. The van der Waals surface area contributed by atoms with Gasteiger partial charge in [-0.05, 0) is 25.9 Å². The molecule has 0 aliphatic carbocycles. The zero-order valence-electron chi connectivity index (χ0n) is 5.78. The minimum absolute atomic E-state index is 0.0359. The molecule has 1 fully saturated rings. The summed E-state index contributed by atoms with van der Waals surface area (Å²) < 4.78 is 14.4. The molecule has 0 spiro atoms. The molecule has 1 nitrogen and oxygen atoms in total. The van der Waals surface area contributed by atoms with Gasteiger partial charge in [-0.25, -0.2) is 0 Å². The van der Waals surface area contributed by atoms with Gasteiger partial charge in [-0.15, -0.1) is 0 Å². The van der Waals surface area contributed by atoms with Gasteiger partial charge in [0.05, 0.1) is 0 Å². The molecule has 1 heteroatoms. The minimum Gasteiger partial charge on any atom is -0.317 e. The lowest BCUT2D eigenvalue weighted by atomic mass is 10.2. The van der Waals surface area contributed by atoms with Crippen LogP contribution < -0.4 is 5.32 Å². The Hall–Kier alpha value is -0.0400. The van der Waals surface area contributed by atoms with Gasteiger partial charge in [0.1, 0.15) is 0 Å². The number of nitrogens with one attached hydrogen (secondary N) is 1. The molecular weight excluding hydrogens is 74.1 g/mol. The van der Waals surface area contributed by atoms with Crippen molar-refractivity contribution in [1.29, 1.82) is 0 Å². The van der Waals surface area contributed by atoms with Gasteiger partial charge in [0.15, 0.2) is 0 Å². The minimum atomic E-state index is -0.0359. The number of hydrogen-bond donors (Lipinski definition) is 1. The third-order valence-corrected chi connectivity index (χ3v) is 0.911. The number of rotatable bonds is 0. The topological polar surface area (TPSA) is 12.0 Å². The van der Waals surface area contributed by atoms with E-state index in [2.05, 4.69) is 5.32 Å². The van der Waals surface area contributed by atoms with Crippen molar-refractivity contribution >= 4 is 0 Å². The van der Waals surface area contributed by atoms with Crippen molar-refractivity contribution < 1.29 is 2.74 Å². The summed E-state index contributed by atoms with van der Waals surface area (Å²) in [4.78, 5) is 0. The van der Waals surface area contributed by atoms with Crippen LogP contribution in [0.5, 0.6) is 0 Å². The molecular formula is C5H11N. The molecule has 0 aromatic rings. The van der Waals surface area contributed by atoms with Crippen molar-refractivity contribution in [2.45, 2.75) is 19.2 Å². The van der Waals surface area contributed by atoms with E-state index in [1.54, 1.807) is 0 Å². The van der Waals surface area contributed by atoms with E-state index in [9.17, 15) is 0 Å². The van der Waals surface area contributed by atoms with E-state index in [1.165, 1.54) is 0 Å². The zero-order chi connectivity index (χ0) is 5.98. The molecule has 0 aromatic carbocycles. The first-order valence-electron chi connectivity index (χ1n) is 3.49. The van der Waals surface area contributed by atoms with E-state index in [-0.39, 0.29) is 12.8 Å². The van der Waals surface area contributed by atoms with Gasteiger partial charge in [0.25, 0.3) is 0 Å². The van der Waals surface area contributed by atoms with Crippen LogP contribution in [0.25, 0.3) is 0 Å². The van der Waals surface area contributed by atoms with E-state index in [0.717, 1.165) is 19.5 Å². The molecule has 1 N–H and O–H groups in total. The van der Waals surface area contributed by atoms with Gasteiger partial charge in [-0.2, -0.15) is 0 Å². The smallest absolute Gasteiger partial charge is 0.0280 e. The first-order chi connectivity index (χ1) is 3.79. The molecule has 2 unspecified atom stereocenters. The Morgan fingerprint density at radius 1 is 1.33 bits per heavy atom. The van der Waals surface area contributed by atoms with Gasteiger partial charge in [0.2, 0.25) is 0 Å². The molecule has 1 rings (SSSR count). The van der Waals surface area contributed by atoms with Gasteiger partial charge < -0.3 is 5.32 Å². The summed E-state index contributed by atoms with van der Waals surface area (Å²) in [6.07, 6.45) is 0.671. The second-order valence-electron chi connectivity index (χ2n) is 1.47. The molecule has 1 saturated heterocycles. The molecule has 0 aromatic heterocycles. The highest BCUT2D eigenvalue weighted by atomic mass is 14.9. The molecule has 36 valence electrons. The third-order valence-electron chi connectivity index (χ3n) is 0.911. The number of hydrogen-bond acceptors (Lipinski definition) is 1. The Bertz CT molecular complexity index is 68.8. The van der Waals surface area contributed by atoms with Crippen molar-refractivity contribution in [3.8, 4) is 0 Å². The van der Waals surface area contributed by atoms with E-state index < -0.39 is 0 Å². The average molecular weight is 87.2 g/mol. The maximum Gasteiger partial charge on any atom is 0.0280 e. The van der Waals surface area contributed by atoms with Crippen LogP contribution in [-0.4, -0.2) is 13.1 Å². The summed E-state index contributed by atoms with van der Waals surface area (Å²) >= 11 is 0. The van der Waals surface area contributed by atoms with Crippen LogP contribution in [0.3, 0.4) is 0 Å². The monoisotopic (exact) mass is 87.1 g/mol. The first kappa shape index (κ1) is 2.31. The fourth-order valence-corrected chi connectivity index (χ4v) is 0.572. The maximum atomic E-state index is 7.22. The SMILES string of the molecule is [2H]C1CNCC([2H])C1. The van der Waals surface area contributed by atoms with Crippen molar-refractivity contribution in [2.24, 2.45) is 0 Å². The predicted molar refractivity (Wildman–Crippen MR) is 26.7 cm³/mol. The summed E-state index contributed by atoms with van der Waals surface area (Å²) in [5, 5.41) is 3.01. The Balaban J connectivity index is 2.23. The standard InChI is InChI=1S/C5H11N/c1-2-4-6-5-3-1/h6H,1-5H2/i2D,3D. The molecule has 0 radical (unpaired) electrons. The molecule has 0 bridgehead atoms. The van der Waals surface area contributed by atoms with Crippen LogP contribution in [0.1, 0.15) is 22.0 Å². The Morgan fingerprint density at radius 3 is 2.33 bits per heavy atom. The second-order valence-corrected chi connectivity index (χ2v) is 1.47. The van der Waals surface area contributed by atoms with Crippen molar-refractivity contribution in [1.82, 2.24) is 5.32 Å². The predicted octanol–water partition coefficient (Wildman–Crippen LogP) is 0.760. The summed E-state index contributed by atoms with van der Waals surface area (Å²) in [7, 11) is 0. The fraction of sp³-hybridized carbons (Fsp3) is 1.00. The quantitative estimate of drug-likeness (QED) is 0.460. The summed E-state index contributed by atoms with van der Waals surface area (Å²) in [5.74, 6) is 0. The van der Waals surface area contributed by atoms with Crippen molar-refractivity contribution in [3.05, 3.63) is 0 Å². The molecule has 0 amide bonds. The van der Waals surface area contributed by atoms with Crippen molar-refractivity contribution in [3.63, 3.8) is 0 Å². The normalized spacial score (nSPS) is 53.3. The van der Waals surface area contributed by atoms with Gasteiger partial charge in [-0.3, -0.25) is 0 Å². The fourth-order valence-electron chi connectivity index (χ4n) is 0.572. The van der Waals surface area contributed by atoms with Crippen LogP contribution in [0.4, 0.5) is 0 Å². The molecule has 1 aliphatic rings. The van der Waals surface area contributed by atoms with Gasteiger partial charge in [0, 0.05) is 2.74 Å². The molecule has 6 heavy (non-hydrogen) atoms. The maximum absolute atomic E-state index is 7.22. The van der Waals surface area contributed by atoms with Gasteiger partial charge in [-0.1, -0.05) is 6.42 Å². The molecule has 0 saturated carbocycles. The summed E-state index contributed by atoms with van der Waals surface area (Å²) in [5.41, 5.74) is 0. The summed E-state index contributed by atoms with van der Waals surface area (Å²) in [6.45, 7) is 1.55. The van der Waals surface area contributed by atoms with Crippen LogP contribution >= 0.6 is 0 Å². The Morgan fingerprint density at radius 2 is 2.00 bits per heavy atom. The third kappa shape index (κ3) is 0.977. The number of piperidine rings is 1. The highest BCUT2D eigenvalue weighted by molar-refractivity contribution is 4.55. The van der Waals surface area contributed by atoms with Crippen LogP contribution in [0.2, 0.25) is 0 Å². The summed E-state index contributed by atoms with van der Waals surface area (Å²) in [6, 6.07) is 0. The molecule has 1 heterocycles. The lowest BCUT2D eigenvalue weighted by Gasteiger charge is -2.08. The van der Waals surface area contributed by atoms with Crippen molar-refractivity contribution in [2.75, 3.05) is 13.1 Å². The van der Waals surface area contributed by atoms with Crippen LogP contribution in [0, 0.1) is 0 Å². The molecule has 1 aliphatic heterocycles. The van der Waals surface area contributed by atoms with Crippen LogP contribution in [0.15, 0.2) is 0 Å².